The normalized spacial score (nSPS) is 13.2. The van der Waals surface area contributed by atoms with Crippen LogP contribution in [0.2, 0.25) is 19.6 Å². The average molecular weight is 1160 g/mol. The molecular weight excluding hydrogens is 1100 g/mol. The molecule has 0 amide bonds. The minimum atomic E-state index is -2.13. The van der Waals surface area contributed by atoms with Crippen molar-refractivity contribution in [3.63, 3.8) is 0 Å². The fraction of sp³-hybridized carbons (Fsp3) is 0.212. The Balaban J connectivity index is 0.000000233. The number of pyridine rings is 3. The van der Waals surface area contributed by atoms with Crippen LogP contribution in [0.15, 0.2) is 162 Å². The van der Waals surface area contributed by atoms with E-state index in [2.05, 4.69) is 184 Å². The van der Waals surface area contributed by atoms with Crippen LogP contribution in [-0.2, 0) is 25.5 Å². The van der Waals surface area contributed by atoms with Crippen LogP contribution in [0.5, 0.6) is 0 Å². The molecule has 0 atom stereocenters. The van der Waals surface area contributed by atoms with Crippen molar-refractivity contribution in [2.24, 2.45) is 0 Å². The van der Waals surface area contributed by atoms with E-state index in [0.717, 1.165) is 83.4 Å². The van der Waals surface area contributed by atoms with Crippen LogP contribution < -0.4 is 5.19 Å². The molecule has 6 nitrogen and oxygen atoms in total. The summed E-state index contributed by atoms with van der Waals surface area (Å²) in [7, 11) is -1.61. The van der Waals surface area contributed by atoms with E-state index in [1.807, 2.05) is 45.2 Å². The van der Waals surface area contributed by atoms with E-state index in [4.69, 9.17) is 24.9 Å². The zero-order valence-electron chi connectivity index (χ0n) is 47.6. The number of aromatic nitrogens is 5. The summed E-state index contributed by atoms with van der Waals surface area (Å²) in [6, 6.07) is 58.3. The fourth-order valence-electron chi connectivity index (χ4n) is 10.5. The summed E-state index contributed by atoms with van der Waals surface area (Å²) in [6.07, 6.45) is 1.89. The Hall–Kier alpha value is -7.09. The molecule has 12 rings (SSSR count). The van der Waals surface area contributed by atoms with E-state index in [0.29, 0.717) is 11.3 Å². The van der Waals surface area contributed by atoms with Crippen LogP contribution in [0.1, 0.15) is 92.5 Å². The minimum Gasteiger partial charge on any atom is -0.486 e. The van der Waals surface area contributed by atoms with Gasteiger partial charge < -0.3 is 14.0 Å². The topological polar surface area (TPSA) is 69.6 Å². The van der Waals surface area contributed by atoms with E-state index in [1.54, 1.807) is 12.1 Å². The molecule has 0 aliphatic rings. The molecule has 1 radical (unpaired) electrons. The molecule has 0 aliphatic heterocycles. The Kier molecular flexibility index (Phi) is 12.1. The maximum atomic E-state index is 8.48. The van der Waals surface area contributed by atoms with Gasteiger partial charge in [-0.15, -0.1) is 53.6 Å². The van der Waals surface area contributed by atoms with Crippen molar-refractivity contribution in [2.75, 3.05) is 0 Å². The monoisotopic (exact) mass is 1160 g/mol. The van der Waals surface area contributed by atoms with Crippen LogP contribution in [0.3, 0.4) is 0 Å². The molecule has 8 heteroatoms. The van der Waals surface area contributed by atoms with Gasteiger partial charge in [-0.05, 0) is 81.2 Å². The molecule has 0 saturated heterocycles. The largest absolute Gasteiger partial charge is 0.486 e. The van der Waals surface area contributed by atoms with Gasteiger partial charge in [0.05, 0.1) is 47.4 Å². The van der Waals surface area contributed by atoms with E-state index in [-0.39, 0.29) is 37.0 Å². The molecule has 5 heterocycles. The van der Waals surface area contributed by atoms with Gasteiger partial charge in [0.25, 0.3) is 0 Å². The molecule has 0 saturated carbocycles. The van der Waals surface area contributed by atoms with Gasteiger partial charge in [0.1, 0.15) is 0 Å². The number of imidazole rings is 1. The summed E-state index contributed by atoms with van der Waals surface area (Å²) in [5, 5.41) is 9.03. The molecule has 5 aromatic heterocycles. The number of nitrogens with zero attached hydrogens (tertiary/aromatic N) is 5. The van der Waals surface area contributed by atoms with Gasteiger partial charge in [-0.2, -0.15) is 0 Å². The third-order valence-electron chi connectivity index (χ3n) is 14.4. The number of hydrogen-bond acceptors (Lipinski definition) is 5. The molecule has 0 fully saturated rings. The van der Waals surface area contributed by atoms with Crippen molar-refractivity contribution in [3.8, 4) is 28.3 Å². The van der Waals surface area contributed by atoms with Crippen LogP contribution in [0.4, 0.5) is 0 Å². The van der Waals surface area contributed by atoms with E-state index < -0.39 is 20.8 Å². The summed E-state index contributed by atoms with van der Waals surface area (Å²) in [5.41, 5.74) is 12.7. The molecule has 0 aliphatic carbocycles. The maximum Gasteiger partial charge on any atom is 0.216 e. The molecule has 0 bridgehead atoms. The van der Waals surface area contributed by atoms with Crippen molar-refractivity contribution in [3.05, 3.63) is 204 Å². The van der Waals surface area contributed by atoms with Crippen LogP contribution in [-0.4, -0.2) is 32.6 Å². The fourth-order valence-corrected chi connectivity index (χ4v) is 12.1. The van der Waals surface area contributed by atoms with E-state index in [1.165, 1.54) is 38.5 Å². The predicted molar refractivity (Wildman–Crippen MR) is 308 cm³/mol. The van der Waals surface area contributed by atoms with Gasteiger partial charge in [-0.25, -0.2) is 4.98 Å². The second kappa shape index (κ2) is 19.6. The van der Waals surface area contributed by atoms with Crippen LogP contribution in [0.25, 0.3) is 93.9 Å². The summed E-state index contributed by atoms with van der Waals surface area (Å²) >= 11 is 0. The van der Waals surface area contributed by atoms with Crippen molar-refractivity contribution in [1.82, 2.24) is 24.5 Å². The summed E-state index contributed by atoms with van der Waals surface area (Å²) in [4.78, 5) is 20.3. The van der Waals surface area contributed by atoms with Gasteiger partial charge in [0.2, 0.25) is 5.71 Å². The molecule has 12 aromatic rings. The molecule has 0 spiro atoms. The van der Waals surface area contributed by atoms with Crippen molar-refractivity contribution in [2.45, 2.75) is 92.2 Å². The number of hydrogen-bond donors (Lipinski definition) is 0. The molecule has 74 heavy (non-hydrogen) atoms. The SMILES string of the molecule is Cc1ccc2ccc3nc(-c4[c-]ccc5c4oc4nc(C(C)(C)c6ccccc6)ccc45)n(-c4c(C(C)C)c5ccccc5c5ccccc45)c3c2n1.[2H]C([2H])([2H])c1c[c-]c(-c2cc(C([2H])(C)C)c([Si](C)(C)C)cn2)cc1.[Ir]. The Bertz CT molecular complexity index is 4250. The maximum absolute atomic E-state index is 8.48. The average Bonchev–Trinajstić information content (AvgIpc) is 4.18. The van der Waals surface area contributed by atoms with E-state index in [9.17, 15) is 0 Å². The van der Waals surface area contributed by atoms with Crippen LogP contribution in [0, 0.1) is 25.9 Å². The summed E-state index contributed by atoms with van der Waals surface area (Å²) in [5.74, 6) is 0.245. The molecule has 371 valence electrons. The quantitative estimate of drug-likeness (QED) is 0.0861. The third kappa shape index (κ3) is 8.87. The molecule has 0 N–H and O–H groups in total. The van der Waals surface area contributed by atoms with Crippen molar-refractivity contribution >= 4 is 78.8 Å². The smallest absolute Gasteiger partial charge is 0.216 e. The first-order valence-corrected chi connectivity index (χ1v) is 28.7. The van der Waals surface area contributed by atoms with Crippen molar-refractivity contribution in [1.29, 1.82) is 0 Å². The minimum absolute atomic E-state index is 0. The van der Waals surface area contributed by atoms with Gasteiger partial charge in [-0.1, -0.05) is 182 Å². The van der Waals surface area contributed by atoms with Gasteiger partial charge in [0, 0.05) is 59.1 Å². The second-order valence-electron chi connectivity index (χ2n) is 21.3. The molecule has 7 aromatic carbocycles. The standard InChI is InChI=1S/C48H37N4O.C18H24NSi.Ir/c1-28(2)41-34-18-11-9-16-32(34)33-17-10-12-19-35(33)43(41)52-44-39(26-24-30-23-22-29(3)49-42(30)44)50-46(52)38-21-13-20-36-37-25-27-40(51-47(37)53-45(36)38)48(4,5)31-14-7-6-8-15-31;1-13(2)16-11-17(15-9-7-14(3)8-10-15)19-12-18(16)20(4,5)6;/h6-20,22-28H,1-5H3;7-9,11-13H,1-6H3;/q2*-1;/i;3D3,13D;. The molecular formula is C66H61IrN5OSi-2. The number of furan rings is 1. The van der Waals surface area contributed by atoms with Gasteiger partial charge in [0.15, 0.2) is 0 Å². The number of rotatable bonds is 8. The Morgan fingerprint density at radius 1 is 0.716 bits per heavy atom. The first-order chi connectivity index (χ1) is 36.6. The van der Waals surface area contributed by atoms with E-state index >= 15 is 0 Å². The predicted octanol–water partition coefficient (Wildman–Crippen LogP) is 16.9. The third-order valence-corrected chi connectivity index (χ3v) is 16.4. The first-order valence-electron chi connectivity index (χ1n) is 27.2. The Morgan fingerprint density at radius 2 is 1.42 bits per heavy atom. The van der Waals surface area contributed by atoms with Gasteiger partial charge in [-0.3, -0.25) is 9.97 Å². The van der Waals surface area contributed by atoms with Crippen LogP contribution >= 0.6 is 0 Å². The zero-order valence-corrected chi connectivity index (χ0v) is 47.0. The molecule has 0 unspecified atom stereocenters. The first kappa shape index (κ1) is 45.5. The zero-order chi connectivity index (χ0) is 54.3. The summed E-state index contributed by atoms with van der Waals surface area (Å²) < 4.78 is 40.0. The van der Waals surface area contributed by atoms with Crippen molar-refractivity contribution < 1.29 is 30.0 Å². The number of benzene rings is 7. The van der Waals surface area contributed by atoms with Gasteiger partial charge >= 0.3 is 0 Å². The Morgan fingerprint density at radius 3 is 2.11 bits per heavy atom. The Labute approximate surface area is 454 Å². The number of aryl methyl sites for hydroxylation is 2. The second-order valence-corrected chi connectivity index (χ2v) is 26.4. The summed E-state index contributed by atoms with van der Waals surface area (Å²) in [6.45, 7) is 19.4. The number of fused-ring (bicyclic) bond motifs is 9.